The van der Waals surface area contributed by atoms with Gasteiger partial charge in [0.1, 0.15) is 17.7 Å². The van der Waals surface area contributed by atoms with E-state index in [1.54, 1.807) is 4.90 Å². The number of aromatic nitrogens is 3. The zero-order valence-electron chi connectivity index (χ0n) is 33.8. The van der Waals surface area contributed by atoms with Crippen molar-refractivity contribution in [3.8, 4) is 0 Å². The molecule has 15 nitrogen and oxygen atoms in total. The summed E-state index contributed by atoms with van der Waals surface area (Å²) in [6, 6.07) is 14.8. The third-order valence-corrected chi connectivity index (χ3v) is 11.6. The van der Waals surface area contributed by atoms with Crippen LogP contribution in [0.1, 0.15) is 97.8 Å². The highest BCUT2D eigenvalue weighted by molar-refractivity contribution is 6.05. The maximum atomic E-state index is 13.2. The van der Waals surface area contributed by atoms with Crippen LogP contribution in [0, 0.1) is 0 Å². The summed E-state index contributed by atoms with van der Waals surface area (Å²) >= 11 is 0. The molecule has 1 unspecified atom stereocenters. The fraction of sp³-hybridized carbons (Fsp3) is 0.488. The minimum absolute atomic E-state index is 0.0195. The van der Waals surface area contributed by atoms with Crippen LogP contribution in [0.25, 0.3) is 5.65 Å². The molecule has 3 aliphatic rings. The number of urea groups is 1. The Hall–Kier alpha value is -5.54. The number of amides is 5. The number of unbranched alkanes of at least 4 members (excludes halogenated alkanes) is 2. The van der Waals surface area contributed by atoms with Crippen molar-refractivity contribution in [3.63, 3.8) is 0 Å². The second kappa shape index (κ2) is 18.4. The van der Waals surface area contributed by atoms with Crippen LogP contribution in [0.15, 0.2) is 54.7 Å². The second-order valence-corrected chi connectivity index (χ2v) is 15.9. The number of carbonyl (C=O) groups excluding carboxylic acids is 4. The number of fused-ring (bicyclic) bond motifs is 2. The Morgan fingerprint density at radius 2 is 1.81 bits per heavy atom. The number of hydrogen-bond acceptors (Lipinski definition) is 10. The minimum atomic E-state index is -0.601. The van der Waals surface area contributed by atoms with Crippen LogP contribution in [0.4, 0.5) is 22.1 Å². The Morgan fingerprint density at radius 1 is 1.02 bits per heavy atom. The molecular weight excluding hydrogens is 737 g/mol. The number of aryl methyl sites for hydroxylation is 1. The summed E-state index contributed by atoms with van der Waals surface area (Å²) in [5, 5.41) is 26.6. The molecule has 7 rings (SSSR count). The predicted octanol–water partition coefficient (Wildman–Crippen LogP) is 4.97. The lowest BCUT2D eigenvalue weighted by molar-refractivity contribution is -0.136. The summed E-state index contributed by atoms with van der Waals surface area (Å²) < 4.78 is 1.82. The van der Waals surface area contributed by atoms with E-state index in [0.717, 1.165) is 91.1 Å². The fourth-order valence-corrected chi connectivity index (χ4v) is 8.06. The van der Waals surface area contributed by atoms with Crippen molar-refractivity contribution in [2.45, 2.75) is 96.8 Å². The zero-order valence-corrected chi connectivity index (χ0v) is 33.8. The number of rotatable bonds is 16. The average molecular weight is 793 g/mol. The Bertz CT molecular complexity index is 2110. The lowest BCUT2D eigenvalue weighted by Gasteiger charge is -2.34. The van der Waals surface area contributed by atoms with E-state index in [1.165, 1.54) is 0 Å². The Labute approximate surface area is 339 Å². The van der Waals surface area contributed by atoms with E-state index in [9.17, 15) is 24.3 Å². The van der Waals surface area contributed by atoms with E-state index in [4.69, 9.17) is 4.98 Å². The molecule has 0 bridgehead atoms. The first-order valence-corrected chi connectivity index (χ1v) is 20.7. The monoisotopic (exact) mass is 792 g/mol. The molecule has 0 saturated carbocycles. The van der Waals surface area contributed by atoms with Gasteiger partial charge in [0.2, 0.25) is 11.8 Å². The Morgan fingerprint density at radius 3 is 2.53 bits per heavy atom. The molecule has 0 spiro atoms. The number of piperidine rings is 1. The Kier molecular flexibility index (Phi) is 12.9. The number of piperazine rings is 1. The molecular formula is C43H56N10O5. The molecule has 5 amide bonds. The van der Waals surface area contributed by atoms with Gasteiger partial charge in [-0.05, 0) is 79.5 Å². The smallest absolute Gasteiger partial charge is 0.321 e. The number of benzene rings is 2. The molecule has 15 heteroatoms. The number of aliphatic hydroxyl groups is 1. The van der Waals surface area contributed by atoms with Crippen LogP contribution >= 0.6 is 0 Å². The lowest BCUT2D eigenvalue weighted by atomic mass is 9.98. The van der Waals surface area contributed by atoms with Crippen LogP contribution in [0.3, 0.4) is 0 Å². The minimum Gasteiger partial charge on any atom is -0.394 e. The van der Waals surface area contributed by atoms with E-state index < -0.39 is 6.04 Å². The molecule has 5 N–H and O–H groups in total. The van der Waals surface area contributed by atoms with Crippen LogP contribution in [0.2, 0.25) is 0 Å². The molecule has 308 valence electrons. The number of aliphatic hydroxyl groups excluding tert-OH is 1. The summed E-state index contributed by atoms with van der Waals surface area (Å²) in [7, 11) is 0. The van der Waals surface area contributed by atoms with E-state index in [2.05, 4.69) is 51.2 Å². The SMILES string of the molecule is CC[C@@H](CO)Nc1cc(NCc2ccc(NC(=O)N3CCN(CCCCCc4cccc5c4CN(C4CCC(=O)NC4=O)C5=O)CC3)cc2)n2ncc(C(C)C)c2n1. The predicted molar refractivity (Wildman–Crippen MR) is 223 cm³/mol. The zero-order chi connectivity index (χ0) is 40.8. The molecule has 4 aromatic rings. The van der Waals surface area contributed by atoms with Crippen molar-refractivity contribution < 1.29 is 24.3 Å². The average Bonchev–Trinajstić information content (AvgIpc) is 3.81. The van der Waals surface area contributed by atoms with Gasteiger partial charge < -0.3 is 30.9 Å². The molecule has 2 atom stereocenters. The molecule has 58 heavy (non-hydrogen) atoms. The van der Waals surface area contributed by atoms with E-state index >= 15 is 0 Å². The van der Waals surface area contributed by atoms with Gasteiger partial charge >= 0.3 is 6.03 Å². The largest absolute Gasteiger partial charge is 0.394 e. The third-order valence-electron chi connectivity index (χ3n) is 11.6. The summed E-state index contributed by atoms with van der Waals surface area (Å²) in [5.41, 5.74) is 6.44. The summed E-state index contributed by atoms with van der Waals surface area (Å²) in [6.45, 7) is 11.2. The van der Waals surface area contributed by atoms with Gasteiger partial charge in [0.25, 0.3) is 5.91 Å². The van der Waals surface area contributed by atoms with Crippen molar-refractivity contribution in [1.29, 1.82) is 0 Å². The van der Waals surface area contributed by atoms with Crippen molar-refractivity contribution in [1.82, 2.24) is 34.6 Å². The molecule has 3 aliphatic heterocycles. The van der Waals surface area contributed by atoms with Crippen LogP contribution in [0.5, 0.6) is 0 Å². The van der Waals surface area contributed by atoms with Crippen LogP contribution < -0.4 is 21.3 Å². The van der Waals surface area contributed by atoms with E-state index in [1.807, 2.05) is 65.0 Å². The maximum absolute atomic E-state index is 13.2. The standard InChI is InChI=1S/C43H56N10O5/c1-4-31(27-54)46-37-23-38(53-40(48-37)34(25-45-53)28(2)3)44-24-29-12-14-32(15-13-29)47-43(58)51-21-19-50(20-22-51)18-7-5-6-9-30-10-8-11-33-35(30)26-52(42(33)57)36-16-17-39(55)49-41(36)56/h8,10-15,23,25,28,31,36,44,54H,4-7,9,16-22,24,26-27H2,1-3H3,(H,46,48)(H,47,58)(H,49,55,56)/t31-,36?/m0/s1. The topological polar surface area (TPSA) is 177 Å². The summed E-state index contributed by atoms with van der Waals surface area (Å²) in [4.78, 5) is 61.1. The van der Waals surface area contributed by atoms with Gasteiger partial charge in [-0.1, -0.05) is 51.5 Å². The number of imide groups is 1. The van der Waals surface area contributed by atoms with Gasteiger partial charge in [-0.2, -0.15) is 9.61 Å². The van der Waals surface area contributed by atoms with Crippen molar-refractivity contribution in [2.75, 3.05) is 55.3 Å². The van der Waals surface area contributed by atoms with Gasteiger partial charge in [0.15, 0.2) is 5.65 Å². The van der Waals surface area contributed by atoms with Crippen molar-refractivity contribution in [3.05, 3.63) is 82.5 Å². The van der Waals surface area contributed by atoms with E-state index in [-0.39, 0.29) is 48.7 Å². The normalized spacial score (nSPS) is 17.8. The quantitative estimate of drug-likeness (QED) is 0.0770. The molecule has 2 fully saturated rings. The third kappa shape index (κ3) is 9.26. The first-order chi connectivity index (χ1) is 28.1. The van der Waals surface area contributed by atoms with Gasteiger partial charge in [-0.25, -0.2) is 9.78 Å². The lowest BCUT2D eigenvalue weighted by Crippen LogP contribution is -2.52. The highest BCUT2D eigenvalue weighted by Gasteiger charge is 2.39. The second-order valence-electron chi connectivity index (χ2n) is 15.9. The van der Waals surface area contributed by atoms with Gasteiger partial charge in [-0.15, -0.1) is 0 Å². The number of carbonyl (C=O) groups is 4. The highest BCUT2D eigenvalue weighted by atomic mass is 16.3. The first kappa shape index (κ1) is 40.6. The molecule has 2 aromatic heterocycles. The van der Waals surface area contributed by atoms with Gasteiger partial charge in [-0.3, -0.25) is 24.6 Å². The molecule has 0 aliphatic carbocycles. The van der Waals surface area contributed by atoms with Crippen molar-refractivity contribution in [2.24, 2.45) is 0 Å². The van der Waals surface area contributed by atoms with Crippen LogP contribution in [-0.2, 0) is 29.1 Å². The molecule has 2 aromatic carbocycles. The number of nitrogens with one attached hydrogen (secondary N) is 4. The van der Waals surface area contributed by atoms with E-state index in [0.29, 0.717) is 44.0 Å². The maximum Gasteiger partial charge on any atom is 0.321 e. The van der Waals surface area contributed by atoms with Gasteiger partial charge in [0.05, 0.1) is 18.8 Å². The number of anilines is 3. The molecule has 0 radical (unpaired) electrons. The number of nitrogens with zero attached hydrogens (tertiary/aromatic N) is 6. The van der Waals surface area contributed by atoms with Crippen molar-refractivity contribution >= 4 is 46.7 Å². The number of hydrogen-bond donors (Lipinski definition) is 5. The summed E-state index contributed by atoms with van der Waals surface area (Å²) in [6.07, 6.45) is 7.22. The highest BCUT2D eigenvalue weighted by Crippen LogP contribution is 2.31. The molecule has 5 heterocycles. The van der Waals surface area contributed by atoms with Gasteiger partial charge in [0, 0.05) is 68.6 Å². The fourth-order valence-electron chi connectivity index (χ4n) is 8.06. The first-order valence-electron chi connectivity index (χ1n) is 20.7. The molecule has 2 saturated heterocycles. The Balaban J connectivity index is 0.828. The van der Waals surface area contributed by atoms with Crippen LogP contribution in [-0.4, -0.2) is 110 Å². The summed E-state index contributed by atoms with van der Waals surface area (Å²) in [5.74, 6) is 0.930.